The molecule has 2 saturated heterocycles. The van der Waals surface area contributed by atoms with Crippen LogP contribution in [0.15, 0.2) is 0 Å². The number of hydrogen-bond acceptors (Lipinski definition) is 3. The number of nitrogens with one attached hydrogen (secondary N) is 1. The first-order chi connectivity index (χ1) is 8.88. The van der Waals surface area contributed by atoms with Gasteiger partial charge >= 0.3 is 0 Å². The number of nitrogens with zero attached hydrogens (tertiary/aromatic N) is 1. The van der Waals surface area contributed by atoms with Crippen LogP contribution >= 0.6 is 0 Å². The van der Waals surface area contributed by atoms with Crippen molar-refractivity contribution in [3.05, 3.63) is 0 Å². The van der Waals surface area contributed by atoms with Crippen LogP contribution in [0.5, 0.6) is 0 Å². The van der Waals surface area contributed by atoms with Gasteiger partial charge in [0.15, 0.2) is 0 Å². The Morgan fingerprint density at radius 2 is 2.06 bits per heavy atom. The second-order valence-corrected chi connectivity index (χ2v) is 6.36. The summed E-state index contributed by atoms with van der Waals surface area (Å²) in [6.45, 7) is 7.74. The van der Waals surface area contributed by atoms with Gasteiger partial charge in [-0.3, -0.25) is 4.90 Å². The molecule has 3 heteroatoms. The highest BCUT2D eigenvalue weighted by Crippen LogP contribution is 2.37. The first-order valence-corrected chi connectivity index (χ1v) is 7.93. The van der Waals surface area contributed by atoms with Crippen molar-refractivity contribution >= 4 is 0 Å². The fourth-order valence-corrected chi connectivity index (χ4v) is 4.35. The lowest BCUT2D eigenvalue weighted by atomic mass is 9.90. The molecular weight excluding hydrogens is 224 g/mol. The highest BCUT2D eigenvalue weighted by molar-refractivity contribution is 4.92. The van der Waals surface area contributed by atoms with Crippen molar-refractivity contribution in [1.29, 1.82) is 0 Å². The van der Waals surface area contributed by atoms with Crippen LogP contribution in [-0.4, -0.2) is 49.8 Å². The molecule has 2 aliphatic heterocycles. The molecule has 0 spiro atoms. The molecule has 104 valence electrons. The summed E-state index contributed by atoms with van der Waals surface area (Å²) in [5.41, 5.74) is 0. The standard InChI is InChI=1S/C15H28N2O/c1-2-16-14-11-18-10-13(14)9-17-8-4-6-12-5-3-7-15(12)17/h12-16H,2-11H2,1H3. The van der Waals surface area contributed by atoms with Gasteiger partial charge in [0.1, 0.15) is 0 Å². The monoisotopic (exact) mass is 252 g/mol. The maximum atomic E-state index is 5.69. The van der Waals surface area contributed by atoms with Crippen LogP contribution in [0.1, 0.15) is 39.0 Å². The number of rotatable bonds is 4. The number of ether oxygens (including phenoxy) is 1. The first kappa shape index (κ1) is 12.9. The Morgan fingerprint density at radius 3 is 2.94 bits per heavy atom. The molecule has 1 N–H and O–H groups in total. The molecule has 0 bridgehead atoms. The van der Waals surface area contributed by atoms with Gasteiger partial charge in [0.25, 0.3) is 0 Å². The molecule has 0 aromatic rings. The Labute approximate surface area is 111 Å². The number of fused-ring (bicyclic) bond motifs is 1. The molecule has 0 aromatic heterocycles. The number of likely N-dealkylation sites (N-methyl/N-ethyl adjacent to an activating group) is 1. The lowest BCUT2D eigenvalue weighted by molar-refractivity contribution is 0.0864. The summed E-state index contributed by atoms with van der Waals surface area (Å²) >= 11 is 0. The van der Waals surface area contributed by atoms with Crippen molar-refractivity contribution < 1.29 is 4.74 Å². The largest absolute Gasteiger partial charge is 0.379 e. The Hall–Kier alpha value is -0.120. The number of piperidine rings is 1. The molecule has 3 fully saturated rings. The van der Waals surface area contributed by atoms with Crippen LogP contribution < -0.4 is 5.32 Å². The van der Waals surface area contributed by atoms with Gasteiger partial charge in [-0.1, -0.05) is 13.3 Å². The van der Waals surface area contributed by atoms with E-state index in [0.29, 0.717) is 12.0 Å². The fraction of sp³-hybridized carbons (Fsp3) is 1.00. The minimum Gasteiger partial charge on any atom is -0.379 e. The van der Waals surface area contributed by atoms with E-state index in [1.165, 1.54) is 45.2 Å². The predicted molar refractivity (Wildman–Crippen MR) is 73.7 cm³/mol. The highest BCUT2D eigenvalue weighted by Gasteiger charge is 2.37. The molecule has 0 radical (unpaired) electrons. The van der Waals surface area contributed by atoms with E-state index in [-0.39, 0.29) is 0 Å². The molecule has 0 aromatic carbocycles. The topological polar surface area (TPSA) is 24.5 Å². The first-order valence-electron chi connectivity index (χ1n) is 7.93. The average molecular weight is 252 g/mol. The molecule has 18 heavy (non-hydrogen) atoms. The molecule has 0 amide bonds. The summed E-state index contributed by atoms with van der Waals surface area (Å²) < 4.78 is 5.69. The highest BCUT2D eigenvalue weighted by atomic mass is 16.5. The van der Waals surface area contributed by atoms with Crippen molar-refractivity contribution in [2.45, 2.75) is 51.1 Å². The molecular formula is C15H28N2O. The second-order valence-electron chi connectivity index (χ2n) is 6.36. The third-order valence-electron chi connectivity index (χ3n) is 5.24. The number of hydrogen-bond donors (Lipinski definition) is 1. The Balaban J connectivity index is 1.57. The zero-order valence-electron chi connectivity index (χ0n) is 11.7. The van der Waals surface area contributed by atoms with Crippen molar-refractivity contribution in [3.8, 4) is 0 Å². The van der Waals surface area contributed by atoms with Crippen LogP contribution in [0.2, 0.25) is 0 Å². The fourth-order valence-electron chi connectivity index (χ4n) is 4.35. The summed E-state index contributed by atoms with van der Waals surface area (Å²) in [6.07, 6.45) is 7.30. The van der Waals surface area contributed by atoms with Gasteiger partial charge in [0.2, 0.25) is 0 Å². The molecule has 4 unspecified atom stereocenters. The third-order valence-corrected chi connectivity index (χ3v) is 5.24. The lowest BCUT2D eigenvalue weighted by Crippen LogP contribution is -2.48. The van der Waals surface area contributed by atoms with E-state index in [1.54, 1.807) is 0 Å². The SMILES string of the molecule is CCNC1COCC1CN1CCCC2CCCC21. The van der Waals surface area contributed by atoms with Crippen molar-refractivity contribution in [1.82, 2.24) is 10.2 Å². The zero-order chi connectivity index (χ0) is 12.4. The molecule has 4 atom stereocenters. The Morgan fingerprint density at radius 1 is 1.17 bits per heavy atom. The molecule has 3 nitrogen and oxygen atoms in total. The maximum Gasteiger partial charge on any atom is 0.0623 e. The van der Waals surface area contributed by atoms with Crippen LogP contribution in [0.3, 0.4) is 0 Å². The van der Waals surface area contributed by atoms with E-state index in [1.807, 2.05) is 0 Å². The van der Waals surface area contributed by atoms with E-state index in [4.69, 9.17) is 4.74 Å². The minimum absolute atomic E-state index is 0.594. The third kappa shape index (κ3) is 2.59. The maximum absolute atomic E-state index is 5.69. The Kier molecular flexibility index (Phi) is 4.22. The zero-order valence-corrected chi connectivity index (χ0v) is 11.7. The summed E-state index contributed by atoms with van der Waals surface area (Å²) in [5.74, 6) is 1.72. The average Bonchev–Trinajstić information content (AvgIpc) is 3.00. The second kappa shape index (κ2) is 5.89. The molecule has 3 rings (SSSR count). The van der Waals surface area contributed by atoms with Crippen LogP contribution in [0.4, 0.5) is 0 Å². The van der Waals surface area contributed by atoms with Gasteiger partial charge in [-0.2, -0.15) is 0 Å². The van der Waals surface area contributed by atoms with Gasteiger partial charge in [-0.05, 0) is 44.7 Å². The quantitative estimate of drug-likeness (QED) is 0.827. The Bertz CT molecular complexity index is 271. The molecule has 3 aliphatic rings. The minimum atomic E-state index is 0.594. The summed E-state index contributed by atoms with van der Waals surface area (Å²) in [4.78, 5) is 2.80. The molecule has 1 saturated carbocycles. The van der Waals surface area contributed by atoms with Crippen molar-refractivity contribution in [2.24, 2.45) is 11.8 Å². The van der Waals surface area contributed by atoms with Gasteiger partial charge in [0.05, 0.1) is 13.2 Å². The normalized spacial score (nSPS) is 41.2. The van der Waals surface area contributed by atoms with Crippen LogP contribution in [0, 0.1) is 11.8 Å². The lowest BCUT2D eigenvalue weighted by Gasteiger charge is -2.39. The van der Waals surface area contributed by atoms with E-state index in [0.717, 1.165) is 31.7 Å². The van der Waals surface area contributed by atoms with Crippen LogP contribution in [-0.2, 0) is 4.74 Å². The van der Waals surface area contributed by atoms with E-state index in [2.05, 4.69) is 17.1 Å². The van der Waals surface area contributed by atoms with Gasteiger partial charge in [-0.25, -0.2) is 0 Å². The van der Waals surface area contributed by atoms with Crippen molar-refractivity contribution in [3.63, 3.8) is 0 Å². The summed E-state index contributed by atoms with van der Waals surface area (Å²) in [6, 6.07) is 1.50. The molecule has 2 heterocycles. The van der Waals surface area contributed by atoms with E-state index >= 15 is 0 Å². The smallest absolute Gasteiger partial charge is 0.0623 e. The number of likely N-dealkylation sites (tertiary alicyclic amines) is 1. The van der Waals surface area contributed by atoms with E-state index in [9.17, 15) is 0 Å². The van der Waals surface area contributed by atoms with E-state index < -0.39 is 0 Å². The van der Waals surface area contributed by atoms with Gasteiger partial charge < -0.3 is 10.1 Å². The van der Waals surface area contributed by atoms with Crippen LogP contribution in [0.25, 0.3) is 0 Å². The van der Waals surface area contributed by atoms with Gasteiger partial charge in [-0.15, -0.1) is 0 Å². The van der Waals surface area contributed by atoms with Gasteiger partial charge in [0, 0.05) is 24.5 Å². The predicted octanol–water partition coefficient (Wildman–Crippen LogP) is 1.88. The summed E-state index contributed by atoms with van der Waals surface area (Å²) in [7, 11) is 0. The van der Waals surface area contributed by atoms with Crippen molar-refractivity contribution in [2.75, 3.05) is 32.8 Å². The summed E-state index contributed by atoms with van der Waals surface area (Å²) in [5, 5.41) is 3.59. The molecule has 1 aliphatic carbocycles.